The number of hydrogen-bond donors (Lipinski definition) is 2. The second-order valence-electron chi connectivity index (χ2n) is 4.71. The number of nitrogens with one attached hydrogen (secondary N) is 1. The van der Waals surface area contributed by atoms with Crippen LogP contribution in [-0.4, -0.2) is 31.2 Å². The molecule has 0 fully saturated rings. The molecule has 0 rings (SSSR count). The van der Waals surface area contributed by atoms with Crippen LogP contribution < -0.4 is 11.1 Å². The van der Waals surface area contributed by atoms with Crippen molar-refractivity contribution in [3.63, 3.8) is 0 Å². The average molecular weight is 281 g/mol. The third-order valence-electron chi connectivity index (χ3n) is 2.79. The molecular formula is C13H29ClN2O2. The van der Waals surface area contributed by atoms with E-state index in [4.69, 9.17) is 10.5 Å². The molecule has 3 N–H and O–H groups in total. The second kappa shape index (κ2) is 11.8. The smallest absolute Gasteiger partial charge is 0.236 e. The van der Waals surface area contributed by atoms with Gasteiger partial charge in [-0.05, 0) is 25.7 Å². The van der Waals surface area contributed by atoms with Gasteiger partial charge in [0.25, 0.3) is 0 Å². The van der Waals surface area contributed by atoms with Crippen LogP contribution in [0.1, 0.15) is 47.0 Å². The summed E-state index contributed by atoms with van der Waals surface area (Å²) < 4.78 is 5.61. The minimum atomic E-state index is -0.371. The number of rotatable bonds is 9. The molecule has 0 bridgehead atoms. The SMILES string of the molecule is CCCC(N)C(=O)NCCC(OCC)C(C)C.Cl. The molecule has 5 heteroatoms. The van der Waals surface area contributed by atoms with Crippen LogP contribution in [0.4, 0.5) is 0 Å². The number of carbonyl (C=O) groups is 1. The number of halogens is 1. The van der Waals surface area contributed by atoms with Gasteiger partial charge in [0, 0.05) is 13.2 Å². The second-order valence-corrected chi connectivity index (χ2v) is 4.71. The van der Waals surface area contributed by atoms with E-state index in [1.54, 1.807) is 0 Å². The minimum Gasteiger partial charge on any atom is -0.378 e. The maximum Gasteiger partial charge on any atom is 0.236 e. The van der Waals surface area contributed by atoms with E-state index in [0.29, 0.717) is 19.1 Å². The van der Waals surface area contributed by atoms with E-state index >= 15 is 0 Å². The van der Waals surface area contributed by atoms with E-state index in [0.717, 1.165) is 19.3 Å². The zero-order valence-electron chi connectivity index (χ0n) is 12.1. The Morgan fingerprint density at radius 2 is 1.89 bits per heavy atom. The highest BCUT2D eigenvalue weighted by Gasteiger charge is 2.15. The lowest BCUT2D eigenvalue weighted by molar-refractivity contribution is -0.122. The van der Waals surface area contributed by atoms with Crippen LogP contribution in [0.5, 0.6) is 0 Å². The fraction of sp³-hybridized carbons (Fsp3) is 0.923. The zero-order valence-corrected chi connectivity index (χ0v) is 12.9. The van der Waals surface area contributed by atoms with Crippen LogP contribution in [-0.2, 0) is 9.53 Å². The third kappa shape index (κ3) is 8.72. The van der Waals surface area contributed by atoms with Crippen molar-refractivity contribution in [2.24, 2.45) is 11.7 Å². The van der Waals surface area contributed by atoms with Gasteiger partial charge in [0.05, 0.1) is 12.1 Å². The molecular weight excluding hydrogens is 252 g/mol. The number of hydrogen-bond acceptors (Lipinski definition) is 3. The number of carbonyl (C=O) groups excluding carboxylic acids is 1. The fourth-order valence-electron chi connectivity index (χ4n) is 1.73. The van der Waals surface area contributed by atoms with Crippen LogP contribution in [0.3, 0.4) is 0 Å². The van der Waals surface area contributed by atoms with Gasteiger partial charge in [-0.15, -0.1) is 12.4 Å². The summed E-state index contributed by atoms with van der Waals surface area (Å²) >= 11 is 0. The van der Waals surface area contributed by atoms with Crippen LogP contribution in [0.25, 0.3) is 0 Å². The molecule has 110 valence electrons. The fourth-order valence-corrected chi connectivity index (χ4v) is 1.73. The molecule has 0 aromatic rings. The van der Waals surface area contributed by atoms with E-state index in [1.807, 2.05) is 13.8 Å². The molecule has 0 aliphatic rings. The quantitative estimate of drug-likeness (QED) is 0.680. The van der Waals surface area contributed by atoms with Crippen molar-refractivity contribution in [2.75, 3.05) is 13.2 Å². The van der Waals surface area contributed by atoms with Gasteiger partial charge in [-0.2, -0.15) is 0 Å². The largest absolute Gasteiger partial charge is 0.378 e. The molecule has 0 aliphatic heterocycles. The van der Waals surface area contributed by atoms with E-state index in [-0.39, 0.29) is 30.5 Å². The first-order valence-electron chi connectivity index (χ1n) is 6.67. The van der Waals surface area contributed by atoms with E-state index in [9.17, 15) is 4.79 Å². The Bertz CT molecular complexity index is 213. The van der Waals surface area contributed by atoms with Crippen molar-refractivity contribution in [1.82, 2.24) is 5.32 Å². The summed E-state index contributed by atoms with van der Waals surface area (Å²) in [4.78, 5) is 11.6. The summed E-state index contributed by atoms with van der Waals surface area (Å²) in [5.74, 6) is 0.419. The maximum atomic E-state index is 11.6. The summed E-state index contributed by atoms with van der Waals surface area (Å²) in [5.41, 5.74) is 5.72. The molecule has 0 aliphatic carbocycles. The summed E-state index contributed by atoms with van der Waals surface area (Å²) in [6, 6.07) is -0.371. The van der Waals surface area contributed by atoms with Gasteiger partial charge in [0.2, 0.25) is 5.91 Å². The molecule has 0 heterocycles. The predicted molar refractivity (Wildman–Crippen MR) is 78.0 cm³/mol. The molecule has 18 heavy (non-hydrogen) atoms. The van der Waals surface area contributed by atoms with Gasteiger partial charge in [-0.1, -0.05) is 27.2 Å². The molecule has 2 unspecified atom stereocenters. The highest BCUT2D eigenvalue weighted by atomic mass is 35.5. The van der Waals surface area contributed by atoms with Crippen molar-refractivity contribution < 1.29 is 9.53 Å². The topological polar surface area (TPSA) is 64.4 Å². The molecule has 4 nitrogen and oxygen atoms in total. The Morgan fingerprint density at radius 1 is 1.28 bits per heavy atom. The van der Waals surface area contributed by atoms with Crippen LogP contribution >= 0.6 is 12.4 Å². The first-order valence-corrected chi connectivity index (χ1v) is 6.67. The highest BCUT2D eigenvalue weighted by molar-refractivity contribution is 5.85. The standard InChI is InChI=1S/C13H28N2O2.ClH/c1-5-7-11(14)13(16)15-9-8-12(10(3)4)17-6-2;/h10-12H,5-9,14H2,1-4H3,(H,15,16);1H. The number of nitrogens with two attached hydrogens (primary N) is 1. The lowest BCUT2D eigenvalue weighted by Gasteiger charge is -2.21. The molecule has 0 radical (unpaired) electrons. The van der Waals surface area contributed by atoms with Gasteiger partial charge in [0.15, 0.2) is 0 Å². The molecule has 1 amide bonds. The Morgan fingerprint density at radius 3 is 2.33 bits per heavy atom. The van der Waals surface area contributed by atoms with E-state index < -0.39 is 0 Å². The predicted octanol–water partition coefficient (Wildman–Crippen LogP) is 2.10. The van der Waals surface area contributed by atoms with Gasteiger partial charge in [-0.3, -0.25) is 4.79 Å². The molecule has 0 saturated heterocycles. The maximum absolute atomic E-state index is 11.6. The number of amides is 1. The van der Waals surface area contributed by atoms with Gasteiger partial charge >= 0.3 is 0 Å². The van der Waals surface area contributed by atoms with E-state index in [1.165, 1.54) is 0 Å². The Hall–Kier alpha value is -0.320. The minimum absolute atomic E-state index is 0. The first kappa shape index (κ1) is 20.0. The molecule has 0 saturated carbocycles. The summed E-state index contributed by atoms with van der Waals surface area (Å²) in [5, 5.41) is 2.87. The van der Waals surface area contributed by atoms with Crippen molar-refractivity contribution >= 4 is 18.3 Å². The van der Waals surface area contributed by atoms with Crippen LogP contribution in [0.15, 0.2) is 0 Å². The van der Waals surface area contributed by atoms with Crippen LogP contribution in [0.2, 0.25) is 0 Å². The zero-order chi connectivity index (χ0) is 13.3. The normalized spacial score (nSPS) is 13.9. The van der Waals surface area contributed by atoms with Crippen molar-refractivity contribution in [1.29, 1.82) is 0 Å². The average Bonchev–Trinajstić information content (AvgIpc) is 2.27. The van der Waals surface area contributed by atoms with Gasteiger partial charge in [-0.25, -0.2) is 0 Å². The Labute approximate surface area is 117 Å². The molecule has 0 spiro atoms. The lowest BCUT2D eigenvalue weighted by Crippen LogP contribution is -2.41. The van der Waals surface area contributed by atoms with Crippen LogP contribution in [0, 0.1) is 5.92 Å². The summed E-state index contributed by atoms with van der Waals surface area (Å²) in [7, 11) is 0. The van der Waals surface area contributed by atoms with Gasteiger partial charge in [0.1, 0.15) is 0 Å². The van der Waals surface area contributed by atoms with Crippen molar-refractivity contribution in [3.05, 3.63) is 0 Å². The summed E-state index contributed by atoms with van der Waals surface area (Å²) in [6.07, 6.45) is 2.73. The Balaban J connectivity index is 0. The molecule has 0 aromatic heterocycles. The monoisotopic (exact) mass is 280 g/mol. The van der Waals surface area contributed by atoms with Gasteiger partial charge < -0.3 is 15.8 Å². The molecule has 0 aromatic carbocycles. The molecule has 2 atom stereocenters. The highest BCUT2D eigenvalue weighted by Crippen LogP contribution is 2.09. The Kier molecular flexibility index (Phi) is 13.1. The van der Waals surface area contributed by atoms with E-state index in [2.05, 4.69) is 19.2 Å². The van der Waals surface area contributed by atoms with Crippen molar-refractivity contribution in [2.45, 2.75) is 59.1 Å². The lowest BCUT2D eigenvalue weighted by atomic mass is 10.0. The van der Waals surface area contributed by atoms with Crippen molar-refractivity contribution in [3.8, 4) is 0 Å². The number of ether oxygens (including phenoxy) is 1. The third-order valence-corrected chi connectivity index (χ3v) is 2.79. The first-order chi connectivity index (χ1) is 8.02. The summed E-state index contributed by atoms with van der Waals surface area (Å²) in [6.45, 7) is 9.63.